The normalized spacial score (nSPS) is 10.4. The molecule has 0 fully saturated rings. The molecule has 2 rings (SSSR count). The zero-order valence-electron chi connectivity index (χ0n) is 10.9. The minimum Gasteiger partial charge on any atom is -0.388 e. The minimum absolute atomic E-state index is 0.0349. The van der Waals surface area contributed by atoms with Gasteiger partial charge in [0.1, 0.15) is 5.02 Å². The molecule has 21 heavy (non-hydrogen) atoms. The molecule has 0 amide bonds. The van der Waals surface area contributed by atoms with Gasteiger partial charge in [0.25, 0.3) is 11.2 Å². The summed E-state index contributed by atoms with van der Waals surface area (Å²) >= 11 is 5.68. The van der Waals surface area contributed by atoms with E-state index in [0.29, 0.717) is 11.3 Å². The van der Waals surface area contributed by atoms with Crippen LogP contribution in [0.15, 0.2) is 34.0 Å². The monoisotopic (exact) mass is 310 g/mol. The quantitative estimate of drug-likeness (QED) is 0.651. The van der Waals surface area contributed by atoms with Crippen LogP contribution in [0.3, 0.4) is 0 Å². The summed E-state index contributed by atoms with van der Waals surface area (Å²) in [4.78, 5) is 35.3. The van der Waals surface area contributed by atoms with Gasteiger partial charge in [-0.15, -0.1) is 0 Å². The topological polar surface area (TPSA) is 110 Å². The summed E-state index contributed by atoms with van der Waals surface area (Å²) in [6.07, 6.45) is 1.20. The highest BCUT2D eigenvalue weighted by atomic mass is 35.5. The van der Waals surface area contributed by atoms with Crippen molar-refractivity contribution in [2.24, 2.45) is 0 Å². The van der Waals surface area contributed by atoms with Gasteiger partial charge >= 0.3 is 5.69 Å². The third-order valence-corrected chi connectivity index (χ3v) is 3.15. The molecule has 110 valence electrons. The number of hydrogen-bond donors (Lipinski definition) is 2. The number of nitrogens with one attached hydrogen (secondary N) is 2. The van der Waals surface area contributed by atoms with Crippen LogP contribution in [-0.4, -0.2) is 21.5 Å². The van der Waals surface area contributed by atoms with Crippen molar-refractivity contribution < 1.29 is 4.92 Å². The Hall–Kier alpha value is -2.61. The summed E-state index contributed by atoms with van der Waals surface area (Å²) in [5.41, 5.74) is -0.247. The van der Waals surface area contributed by atoms with Crippen molar-refractivity contribution in [2.45, 2.75) is 6.54 Å². The van der Waals surface area contributed by atoms with Gasteiger partial charge in [0.2, 0.25) is 0 Å². The number of nitro groups is 1. The highest BCUT2D eigenvalue weighted by Crippen LogP contribution is 2.22. The van der Waals surface area contributed by atoms with E-state index in [1.165, 1.54) is 22.9 Å². The third kappa shape index (κ3) is 3.11. The SMILES string of the molecule is CNc1ccc([N+](=O)[O-])cc1Cn1cc(Cl)c(=O)[nH]c1=O. The fourth-order valence-electron chi connectivity index (χ4n) is 1.85. The molecule has 0 atom stereocenters. The Morgan fingerprint density at radius 2 is 2.14 bits per heavy atom. The first kappa shape index (κ1) is 14.8. The Labute approximate surface area is 123 Å². The number of nitro benzene ring substituents is 1. The van der Waals surface area contributed by atoms with Crippen molar-refractivity contribution in [3.8, 4) is 0 Å². The van der Waals surface area contributed by atoms with E-state index in [1.54, 1.807) is 13.1 Å². The number of H-pyrrole nitrogens is 1. The summed E-state index contributed by atoms with van der Waals surface area (Å²) in [5.74, 6) is 0. The number of halogens is 1. The first-order valence-corrected chi connectivity index (χ1v) is 6.24. The van der Waals surface area contributed by atoms with Crippen LogP contribution in [0.4, 0.5) is 11.4 Å². The zero-order chi connectivity index (χ0) is 15.6. The molecule has 0 aliphatic heterocycles. The van der Waals surface area contributed by atoms with Crippen LogP contribution in [0.5, 0.6) is 0 Å². The highest BCUT2D eigenvalue weighted by molar-refractivity contribution is 6.30. The predicted molar refractivity (Wildman–Crippen MR) is 78.1 cm³/mol. The first-order chi connectivity index (χ1) is 9.92. The maximum atomic E-state index is 11.7. The Morgan fingerprint density at radius 3 is 2.76 bits per heavy atom. The van der Waals surface area contributed by atoms with Crippen molar-refractivity contribution >= 4 is 23.0 Å². The summed E-state index contributed by atoms with van der Waals surface area (Å²) in [7, 11) is 1.66. The molecule has 0 radical (unpaired) electrons. The smallest absolute Gasteiger partial charge is 0.328 e. The lowest BCUT2D eigenvalue weighted by Gasteiger charge is -2.10. The Bertz CT molecular complexity index is 812. The van der Waals surface area contributed by atoms with Crippen LogP contribution in [0, 0.1) is 10.1 Å². The summed E-state index contributed by atoms with van der Waals surface area (Å²) in [5, 5.41) is 13.6. The summed E-state index contributed by atoms with van der Waals surface area (Å²) < 4.78 is 1.17. The summed E-state index contributed by atoms with van der Waals surface area (Å²) in [6.45, 7) is 0.0349. The predicted octanol–water partition coefficient (Wildman–Crippen LogP) is 1.19. The molecule has 2 aromatic rings. The lowest BCUT2D eigenvalue weighted by atomic mass is 10.1. The number of anilines is 1. The lowest BCUT2D eigenvalue weighted by Crippen LogP contribution is -2.30. The van der Waals surface area contributed by atoms with Gasteiger partial charge in [0.15, 0.2) is 0 Å². The van der Waals surface area contributed by atoms with Gasteiger partial charge in [-0.2, -0.15) is 0 Å². The van der Waals surface area contributed by atoms with E-state index in [9.17, 15) is 19.7 Å². The highest BCUT2D eigenvalue weighted by Gasteiger charge is 2.12. The van der Waals surface area contributed by atoms with Gasteiger partial charge in [-0.1, -0.05) is 11.6 Å². The van der Waals surface area contributed by atoms with E-state index >= 15 is 0 Å². The average molecular weight is 311 g/mol. The van der Waals surface area contributed by atoms with Crippen LogP contribution < -0.4 is 16.6 Å². The molecule has 1 aromatic carbocycles. The number of hydrogen-bond acceptors (Lipinski definition) is 5. The van der Waals surface area contributed by atoms with Gasteiger partial charge in [0.05, 0.1) is 11.5 Å². The van der Waals surface area contributed by atoms with E-state index in [-0.39, 0.29) is 17.3 Å². The molecule has 0 saturated heterocycles. The van der Waals surface area contributed by atoms with Crippen molar-refractivity contribution in [1.82, 2.24) is 9.55 Å². The maximum absolute atomic E-state index is 11.7. The number of rotatable bonds is 4. The van der Waals surface area contributed by atoms with Crippen molar-refractivity contribution in [3.63, 3.8) is 0 Å². The van der Waals surface area contributed by atoms with Crippen molar-refractivity contribution in [3.05, 3.63) is 65.9 Å². The van der Waals surface area contributed by atoms with Crippen molar-refractivity contribution in [2.75, 3.05) is 12.4 Å². The van der Waals surface area contributed by atoms with Crippen LogP contribution in [0.1, 0.15) is 5.56 Å². The van der Waals surface area contributed by atoms with E-state index in [1.807, 2.05) is 0 Å². The zero-order valence-corrected chi connectivity index (χ0v) is 11.7. The fourth-order valence-corrected chi connectivity index (χ4v) is 2.02. The molecule has 1 aromatic heterocycles. The maximum Gasteiger partial charge on any atom is 0.328 e. The Kier molecular flexibility index (Phi) is 4.08. The van der Waals surface area contributed by atoms with E-state index < -0.39 is 16.2 Å². The lowest BCUT2D eigenvalue weighted by molar-refractivity contribution is -0.384. The molecule has 8 nitrogen and oxygen atoms in total. The van der Waals surface area contributed by atoms with Crippen molar-refractivity contribution in [1.29, 1.82) is 0 Å². The van der Waals surface area contributed by atoms with E-state index in [4.69, 9.17) is 11.6 Å². The Morgan fingerprint density at radius 1 is 1.43 bits per heavy atom. The van der Waals surface area contributed by atoms with Crippen LogP contribution in [-0.2, 0) is 6.54 Å². The van der Waals surface area contributed by atoms with E-state index in [2.05, 4.69) is 10.3 Å². The number of non-ortho nitro benzene ring substituents is 1. The minimum atomic E-state index is -0.675. The van der Waals surface area contributed by atoms with Gasteiger partial charge in [-0.25, -0.2) is 4.79 Å². The van der Waals surface area contributed by atoms with Crippen LogP contribution >= 0.6 is 11.6 Å². The number of nitrogens with zero attached hydrogens (tertiary/aromatic N) is 2. The molecule has 0 unspecified atom stereocenters. The molecule has 0 aliphatic carbocycles. The van der Waals surface area contributed by atoms with Gasteiger partial charge in [-0.05, 0) is 6.07 Å². The molecule has 0 saturated carbocycles. The standard InChI is InChI=1S/C12H11ClN4O4/c1-14-10-3-2-8(17(20)21)4-7(10)5-16-6-9(13)11(18)15-12(16)19/h2-4,6,14H,5H2,1H3,(H,15,18,19). The van der Waals surface area contributed by atoms with Gasteiger partial charge < -0.3 is 5.32 Å². The molecule has 0 aliphatic rings. The average Bonchev–Trinajstić information content (AvgIpc) is 2.44. The van der Waals surface area contributed by atoms with Crippen LogP contribution in [0.25, 0.3) is 0 Å². The molecule has 1 heterocycles. The molecular weight excluding hydrogens is 300 g/mol. The largest absolute Gasteiger partial charge is 0.388 e. The van der Waals surface area contributed by atoms with Gasteiger partial charge in [0, 0.05) is 36.6 Å². The number of benzene rings is 1. The number of aromatic amines is 1. The summed E-state index contributed by atoms with van der Waals surface area (Å²) in [6, 6.07) is 4.26. The second-order valence-corrected chi connectivity index (χ2v) is 4.62. The molecule has 2 N–H and O–H groups in total. The van der Waals surface area contributed by atoms with Gasteiger partial charge in [-0.3, -0.25) is 24.5 Å². The Balaban J connectivity index is 2.50. The molecule has 9 heteroatoms. The number of aromatic nitrogens is 2. The van der Waals surface area contributed by atoms with Crippen LogP contribution in [0.2, 0.25) is 5.02 Å². The second-order valence-electron chi connectivity index (χ2n) is 4.21. The second kappa shape index (κ2) is 5.80. The molecule has 0 bridgehead atoms. The molecular formula is C12H11ClN4O4. The first-order valence-electron chi connectivity index (χ1n) is 5.86. The third-order valence-electron chi connectivity index (χ3n) is 2.88. The van der Waals surface area contributed by atoms with E-state index in [0.717, 1.165) is 0 Å². The fraction of sp³-hybridized carbons (Fsp3) is 0.167. The molecule has 0 spiro atoms.